The number of carbonyl (C=O) groups excluding carboxylic acids is 1. The topological polar surface area (TPSA) is 82.5 Å². The predicted octanol–water partition coefficient (Wildman–Crippen LogP) is 4.81. The molecule has 2 aromatic carbocycles. The van der Waals surface area contributed by atoms with E-state index in [-0.39, 0.29) is 17.2 Å². The monoisotopic (exact) mass is 481 g/mol. The van der Waals surface area contributed by atoms with Gasteiger partial charge in [-0.05, 0) is 60.7 Å². The normalized spacial score (nSPS) is 10.9. The van der Waals surface area contributed by atoms with Crippen molar-refractivity contribution < 1.29 is 14.3 Å². The standard InChI is InChI=1S/C24H23N3O4S2/c1-14-5-6-16(11-15(14)2)27-23(29)22-18(9-10-32-22)26-24(27)33-13-21(28)25-19-12-17(30-3)7-8-20(19)31-4/h5-12H,13H2,1-4H3,(H,25,28). The summed E-state index contributed by atoms with van der Waals surface area (Å²) >= 11 is 2.57. The second-order valence-electron chi connectivity index (χ2n) is 7.34. The van der Waals surface area contributed by atoms with E-state index in [9.17, 15) is 9.59 Å². The summed E-state index contributed by atoms with van der Waals surface area (Å²) in [7, 11) is 3.09. The molecule has 33 heavy (non-hydrogen) atoms. The highest BCUT2D eigenvalue weighted by molar-refractivity contribution is 7.99. The molecule has 9 heteroatoms. The minimum Gasteiger partial charge on any atom is -0.497 e. The first kappa shape index (κ1) is 22.9. The number of amides is 1. The van der Waals surface area contributed by atoms with Crippen LogP contribution in [0.2, 0.25) is 0 Å². The molecule has 0 spiro atoms. The summed E-state index contributed by atoms with van der Waals surface area (Å²) < 4.78 is 12.7. The third-order valence-electron chi connectivity index (χ3n) is 5.21. The minimum absolute atomic E-state index is 0.0628. The Morgan fingerprint density at radius 2 is 1.91 bits per heavy atom. The van der Waals surface area contributed by atoms with E-state index in [1.165, 1.54) is 30.2 Å². The van der Waals surface area contributed by atoms with Crippen LogP contribution in [-0.2, 0) is 4.79 Å². The van der Waals surface area contributed by atoms with Crippen molar-refractivity contribution in [3.8, 4) is 17.2 Å². The van der Waals surface area contributed by atoms with E-state index < -0.39 is 0 Å². The summed E-state index contributed by atoms with van der Waals surface area (Å²) in [6.45, 7) is 4.03. The van der Waals surface area contributed by atoms with E-state index in [1.54, 1.807) is 29.9 Å². The highest BCUT2D eigenvalue weighted by Gasteiger charge is 2.17. The summed E-state index contributed by atoms with van der Waals surface area (Å²) in [6, 6.07) is 12.8. The molecular weight excluding hydrogens is 458 g/mol. The average molecular weight is 482 g/mol. The minimum atomic E-state index is -0.252. The maximum Gasteiger partial charge on any atom is 0.276 e. The van der Waals surface area contributed by atoms with Gasteiger partial charge in [-0.25, -0.2) is 4.98 Å². The van der Waals surface area contributed by atoms with E-state index in [0.29, 0.717) is 32.6 Å². The molecule has 0 radical (unpaired) electrons. The average Bonchev–Trinajstić information content (AvgIpc) is 3.29. The molecule has 2 heterocycles. The number of fused-ring (bicyclic) bond motifs is 1. The fourth-order valence-corrected chi connectivity index (χ4v) is 4.88. The van der Waals surface area contributed by atoms with Gasteiger partial charge in [0.15, 0.2) is 5.16 Å². The van der Waals surface area contributed by atoms with E-state index in [2.05, 4.69) is 10.3 Å². The fraction of sp³-hybridized carbons (Fsp3) is 0.208. The van der Waals surface area contributed by atoms with Crippen molar-refractivity contribution in [2.45, 2.75) is 19.0 Å². The largest absolute Gasteiger partial charge is 0.497 e. The van der Waals surface area contributed by atoms with Gasteiger partial charge in [-0.3, -0.25) is 14.2 Å². The first-order valence-electron chi connectivity index (χ1n) is 10.1. The lowest BCUT2D eigenvalue weighted by Gasteiger charge is -2.14. The lowest BCUT2D eigenvalue weighted by molar-refractivity contribution is -0.113. The van der Waals surface area contributed by atoms with Gasteiger partial charge in [0.05, 0.1) is 36.9 Å². The van der Waals surface area contributed by atoms with Crippen LogP contribution in [0.15, 0.2) is 57.8 Å². The number of hydrogen-bond donors (Lipinski definition) is 1. The lowest BCUT2D eigenvalue weighted by atomic mass is 10.1. The Morgan fingerprint density at radius 1 is 1.09 bits per heavy atom. The first-order chi connectivity index (χ1) is 15.9. The molecule has 170 valence electrons. The van der Waals surface area contributed by atoms with Crippen LogP contribution in [0.5, 0.6) is 11.5 Å². The van der Waals surface area contributed by atoms with Gasteiger partial charge in [0.1, 0.15) is 16.2 Å². The number of nitrogens with one attached hydrogen (secondary N) is 1. The summed E-state index contributed by atoms with van der Waals surface area (Å²) in [4.78, 5) is 30.7. The zero-order valence-corrected chi connectivity index (χ0v) is 20.3. The number of aryl methyl sites for hydroxylation is 2. The molecule has 1 N–H and O–H groups in total. The summed E-state index contributed by atoms with van der Waals surface area (Å²) in [5.41, 5.74) is 3.93. The van der Waals surface area contributed by atoms with Crippen molar-refractivity contribution in [2.24, 2.45) is 0 Å². The van der Waals surface area contributed by atoms with Gasteiger partial charge in [0.2, 0.25) is 5.91 Å². The Morgan fingerprint density at radius 3 is 2.64 bits per heavy atom. The Hall–Kier alpha value is -3.30. The number of ether oxygens (including phenoxy) is 2. The number of anilines is 1. The van der Waals surface area contributed by atoms with Crippen molar-refractivity contribution in [3.63, 3.8) is 0 Å². The zero-order chi connectivity index (χ0) is 23.5. The third kappa shape index (κ3) is 4.74. The zero-order valence-electron chi connectivity index (χ0n) is 18.7. The SMILES string of the molecule is COc1ccc(OC)c(NC(=O)CSc2nc3ccsc3c(=O)n2-c2ccc(C)c(C)c2)c1. The third-order valence-corrected chi connectivity index (χ3v) is 7.04. The highest BCUT2D eigenvalue weighted by Crippen LogP contribution is 2.30. The van der Waals surface area contributed by atoms with Crippen molar-refractivity contribution in [2.75, 3.05) is 25.3 Å². The second kappa shape index (κ2) is 9.68. The van der Waals surface area contributed by atoms with E-state index in [4.69, 9.17) is 9.47 Å². The lowest BCUT2D eigenvalue weighted by Crippen LogP contribution is -2.22. The number of nitrogens with zero attached hydrogens (tertiary/aromatic N) is 2. The predicted molar refractivity (Wildman–Crippen MR) is 134 cm³/mol. The molecule has 2 aromatic heterocycles. The van der Waals surface area contributed by atoms with Crippen LogP contribution in [0.25, 0.3) is 15.9 Å². The van der Waals surface area contributed by atoms with E-state index in [0.717, 1.165) is 16.8 Å². The van der Waals surface area contributed by atoms with Crippen molar-refractivity contribution in [3.05, 3.63) is 69.3 Å². The molecule has 0 aliphatic rings. The fourth-order valence-electron chi connectivity index (χ4n) is 3.31. The van der Waals surface area contributed by atoms with Crippen LogP contribution in [0.3, 0.4) is 0 Å². The molecule has 7 nitrogen and oxygen atoms in total. The molecule has 0 saturated heterocycles. The maximum atomic E-state index is 13.3. The molecular formula is C24H23N3O4S2. The Labute approximate surface area is 199 Å². The number of hydrogen-bond acceptors (Lipinski definition) is 7. The van der Waals surface area contributed by atoms with Gasteiger partial charge in [0.25, 0.3) is 5.56 Å². The van der Waals surface area contributed by atoms with Gasteiger partial charge in [-0.2, -0.15) is 0 Å². The van der Waals surface area contributed by atoms with Gasteiger partial charge in [-0.15, -0.1) is 11.3 Å². The molecule has 0 bridgehead atoms. The summed E-state index contributed by atoms with van der Waals surface area (Å²) in [6.07, 6.45) is 0. The number of rotatable bonds is 7. The molecule has 0 fully saturated rings. The van der Waals surface area contributed by atoms with Crippen LogP contribution in [0, 0.1) is 13.8 Å². The van der Waals surface area contributed by atoms with Crippen LogP contribution < -0.4 is 20.3 Å². The Balaban J connectivity index is 1.64. The first-order valence-corrected chi connectivity index (χ1v) is 12.0. The van der Waals surface area contributed by atoms with Crippen LogP contribution in [0.4, 0.5) is 5.69 Å². The molecule has 0 aliphatic carbocycles. The number of methoxy groups -OCH3 is 2. The molecule has 0 unspecified atom stereocenters. The molecule has 0 atom stereocenters. The number of carbonyl (C=O) groups is 1. The van der Waals surface area contributed by atoms with Crippen LogP contribution >= 0.6 is 23.1 Å². The Kier molecular flexibility index (Phi) is 6.71. The van der Waals surface area contributed by atoms with Crippen molar-refractivity contribution >= 4 is 44.9 Å². The Bertz CT molecular complexity index is 1390. The number of thioether (sulfide) groups is 1. The summed E-state index contributed by atoms with van der Waals surface area (Å²) in [5.74, 6) is 0.941. The molecule has 0 aliphatic heterocycles. The van der Waals surface area contributed by atoms with Gasteiger partial charge < -0.3 is 14.8 Å². The summed E-state index contributed by atoms with van der Waals surface area (Å²) in [5, 5.41) is 5.16. The van der Waals surface area contributed by atoms with Crippen molar-refractivity contribution in [1.82, 2.24) is 9.55 Å². The second-order valence-corrected chi connectivity index (χ2v) is 9.20. The van der Waals surface area contributed by atoms with E-state index >= 15 is 0 Å². The smallest absolute Gasteiger partial charge is 0.276 e. The molecule has 4 rings (SSSR count). The number of benzene rings is 2. The quantitative estimate of drug-likeness (QED) is 0.301. The van der Waals surface area contributed by atoms with Gasteiger partial charge >= 0.3 is 0 Å². The molecule has 0 saturated carbocycles. The van der Waals surface area contributed by atoms with Crippen LogP contribution in [0.1, 0.15) is 11.1 Å². The molecule has 1 amide bonds. The van der Waals surface area contributed by atoms with Crippen LogP contribution in [-0.4, -0.2) is 35.4 Å². The van der Waals surface area contributed by atoms with Crippen molar-refractivity contribution in [1.29, 1.82) is 0 Å². The van der Waals surface area contributed by atoms with E-state index in [1.807, 2.05) is 43.5 Å². The number of aromatic nitrogens is 2. The molecule has 4 aromatic rings. The number of thiophene rings is 1. The maximum absolute atomic E-state index is 13.3. The van der Waals surface area contributed by atoms with Gasteiger partial charge in [-0.1, -0.05) is 17.8 Å². The van der Waals surface area contributed by atoms with Gasteiger partial charge in [0, 0.05) is 6.07 Å². The highest BCUT2D eigenvalue weighted by atomic mass is 32.2.